The summed E-state index contributed by atoms with van der Waals surface area (Å²) in [7, 11) is 3.74. The second-order valence-corrected chi connectivity index (χ2v) is 4.97. The van der Waals surface area contributed by atoms with Crippen LogP contribution in [0.1, 0.15) is 32.1 Å². The van der Waals surface area contributed by atoms with Gasteiger partial charge in [0.05, 0.1) is 6.10 Å². The van der Waals surface area contributed by atoms with E-state index in [0.29, 0.717) is 19.0 Å². The molecule has 0 heterocycles. The van der Waals surface area contributed by atoms with E-state index < -0.39 is 0 Å². The number of ether oxygens (including phenoxy) is 1. The first-order chi connectivity index (χ1) is 8.67. The van der Waals surface area contributed by atoms with Crippen molar-refractivity contribution in [2.75, 3.05) is 33.9 Å². The summed E-state index contributed by atoms with van der Waals surface area (Å²) in [5, 5.41) is 12.0. The Morgan fingerprint density at radius 1 is 1.39 bits per heavy atom. The maximum Gasteiger partial charge on any atom is 0.248 e. The summed E-state index contributed by atoms with van der Waals surface area (Å²) in [6.07, 6.45) is 5.14. The van der Waals surface area contributed by atoms with Crippen molar-refractivity contribution in [1.82, 2.24) is 10.2 Å². The second-order valence-electron chi connectivity index (χ2n) is 4.97. The molecule has 0 spiro atoms. The molecule has 0 aromatic rings. The minimum Gasteiger partial charge on any atom is -0.396 e. The third kappa shape index (κ3) is 5.33. The molecule has 0 unspecified atom stereocenters. The Morgan fingerprint density at radius 2 is 2.06 bits per heavy atom. The van der Waals surface area contributed by atoms with Crippen LogP contribution in [0.2, 0.25) is 0 Å². The predicted octanol–water partition coefficient (Wildman–Crippen LogP) is 0.374. The standard InChI is InChI=1S/C13H26N2O3/c1-14-11-4-6-12(7-5-11)18-10-13(17)15(2)8-3-9-16/h11-12,14,16H,3-10H2,1-2H3. The van der Waals surface area contributed by atoms with Crippen molar-refractivity contribution in [1.29, 1.82) is 0 Å². The Hall–Kier alpha value is -0.650. The number of carbonyl (C=O) groups is 1. The van der Waals surface area contributed by atoms with Crippen LogP contribution in [0.4, 0.5) is 0 Å². The number of nitrogens with one attached hydrogen (secondary N) is 1. The van der Waals surface area contributed by atoms with E-state index in [1.807, 2.05) is 7.05 Å². The summed E-state index contributed by atoms with van der Waals surface area (Å²) in [5.74, 6) is -0.000750. The van der Waals surface area contributed by atoms with Crippen LogP contribution in [0, 0.1) is 0 Å². The van der Waals surface area contributed by atoms with Crippen LogP contribution < -0.4 is 5.32 Å². The van der Waals surface area contributed by atoms with Crippen molar-refractivity contribution in [2.24, 2.45) is 0 Å². The van der Waals surface area contributed by atoms with E-state index in [9.17, 15) is 4.79 Å². The number of carbonyl (C=O) groups excluding carboxylic acids is 1. The van der Waals surface area contributed by atoms with Gasteiger partial charge in [-0.1, -0.05) is 0 Å². The van der Waals surface area contributed by atoms with Crippen LogP contribution in [0.25, 0.3) is 0 Å². The predicted molar refractivity (Wildman–Crippen MR) is 70.4 cm³/mol. The molecule has 5 heteroatoms. The second kappa shape index (κ2) is 8.45. The van der Waals surface area contributed by atoms with Crippen molar-refractivity contribution >= 4 is 5.91 Å². The molecule has 0 aromatic heterocycles. The lowest BCUT2D eigenvalue weighted by atomic mass is 9.93. The van der Waals surface area contributed by atoms with Crippen molar-refractivity contribution in [2.45, 2.75) is 44.2 Å². The quantitative estimate of drug-likeness (QED) is 0.693. The highest BCUT2D eigenvalue weighted by Gasteiger charge is 2.21. The fraction of sp³-hybridized carbons (Fsp3) is 0.923. The summed E-state index contributed by atoms with van der Waals surface area (Å²) < 4.78 is 5.66. The van der Waals surface area contributed by atoms with Gasteiger partial charge in [-0.05, 0) is 39.2 Å². The molecule has 2 N–H and O–H groups in total. The first-order valence-electron chi connectivity index (χ1n) is 6.81. The van der Waals surface area contributed by atoms with Crippen LogP contribution in [0.15, 0.2) is 0 Å². The van der Waals surface area contributed by atoms with E-state index in [0.717, 1.165) is 25.7 Å². The zero-order valence-corrected chi connectivity index (χ0v) is 11.5. The number of aliphatic hydroxyl groups excluding tert-OH is 1. The Balaban J connectivity index is 2.15. The topological polar surface area (TPSA) is 61.8 Å². The summed E-state index contributed by atoms with van der Waals surface area (Å²) in [6, 6.07) is 0.604. The van der Waals surface area contributed by atoms with Gasteiger partial charge < -0.3 is 20.1 Å². The maximum absolute atomic E-state index is 11.7. The number of likely N-dealkylation sites (N-methyl/N-ethyl adjacent to an activating group) is 1. The zero-order valence-electron chi connectivity index (χ0n) is 11.5. The summed E-state index contributed by atoms with van der Waals surface area (Å²) >= 11 is 0. The van der Waals surface area contributed by atoms with E-state index in [-0.39, 0.29) is 25.2 Å². The Kier molecular flexibility index (Phi) is 7.23. The minimum absolute atomic E-state index is 0.000750. The molecule has 0 saturated heterocycles. The molecule has 0 bridgehead atoms. The van der Waals surface area contributed by atoms with Gasteiger partial charge in [0.15, 0.2) is 0 Å². The highest BCUT2D eigenvalue weighted by molar-refractivity contribution is 5.77. The number of hydrogen-bond acceptors (Lipinski definition) is 4. The molecule has 106 valence electrons. The van der Waals surface area contributed by atoms with Crippen LogP contribution in [-0.2, 0) is 9.53 Å². The Bertz CT molecular complexity index is 240. The van der Waals surface area contributed by atoms with Crippen molar-refractivity contribution in [3.63, 3.8) is 0 Å². The van der Waals surface area contributed by atoms with Gasteiger partial charge in [-0.2, -0.15) is 0 Å². The molecule has 0 radical (unpaired) electrons. The van der Waals surface area contributed by atoms with Gasteiger partial charge in [0.25, 0.3) is 0 Å². The van der Waals surface area contributed by atoms with Gasteiger partial charge in [0.2, 0.25) is 5.91 Å². The van der Waals surface area contributed by atoms with Crippen LogP contribution in [0.3, 0.4) is 0 Å². The fourth-order valence-corrected chi connectivity index (χ4v) is 2.25. The largest absolute Gasteiger partial charge is 0.396 e. The molecule has 1 amide bonds. The molecule has 18 heavy (non-hydrogen) atoms. The maximum atomic E-state index is 11.7. The average Bonchev–Trinajstić information content (AvgIpc) is 2.42. The van der Waals surface area contributed by atoms with Crippen molar-refractivity contribution < 1.29 is 14.6 Å². The minimum atomic E-state index is -0.000750. The van der Waals surface area contributed by atoms with Gasteiger partial charge in [-0.25, -0.2) is 0 Å². The van der Waals surface area contributed by atoms with E-state index in [1.165, 1.54) is 0 Å². The summed E-state index contributed by atoms with van der Waals surface area (Å²) in [5.41, 5.74) is 0. The Morgan fingerprint density at radius 3 is 2.61 bits per heavy atom. The van der Waals surface area contributed by atoms with E-state index in [1.54, 1.807) is 11.9 Å². The third-order valence-corrected chi connectivity index (χ3v) is 3.60. The number of rotatable bonds is 7. The SMILES string of the molecule is CNC1CCC(OCC(=O)N(C)CCCO)CC1. The molecular formula is C13H26N2O3. The monoisotopic (exact) mass is 258 g/mol. The van der Waals surface area contributed by atoms with Crippen LogP contribution >= 0.6 is 0 Å². The fourth-order valence-electron chi connectivity index (χ4n) is 2.25. The molecule has 1 rings (SSSR count). The normalized spacial score (nSPS) is 23.9. The van der Waals surface area contributed by atoms with E-state index in [2.05, 4.69) is 5.32 Å². The number of amides is 1. The van der Waals surface area contributed by atoms with Gasteiger partial charge in [0, 0.05) is 26.2 Å². The lowest BCUT2D eigenvalue weighted by molar-refractivity contribution is -0.137. The highest BCUT2D eigenvalue weighted by Crippen LogP contribution is 2.20. The van der Waals surface area contributed by atoms with Crippen molar-refractivity contribution in [3.05, 3.63) is 0 Å². The average molecular weight is 258 g/mol. The molecule has 0 atom stereocenters. The van der Waals surface area contributed by atoms with Crippen LogP contribution in [0.5, 0.6) is 0 Å². The van der Waals surface area contributed by atoms with Gasteiger partial charge >= 0.3 is 0 Å². The van der Waals surface area contributed by atoms with Gasteiger partial charge in [0.1, 0.15) is 6.61 Å². The number of nitrogens with zero attached hydrogens (tertiary/aromatic N) is 1. The molecule has 5 nitrogen and oxygen atoms in total. The molecule has 1 aliphatic carbocycles. The molecule has 1 fully saturated rings. The van der Waals surface area contributed by atoms with E-state index in [4.69, 9.17) is 9.84 Å². The van der Waals surface area contributed by atoms with E-state index >= 15 is 0 Å². The lowest BCUT2D eigenvalue weighted by Gasteiger charge is -2.28. The third-order valence-electron chi connectivity index (χ3n) is 3.60. The lowest BCUT2D eigenvalue weighted by Crippen LogP contribution is -2.36. The molecule has 0 aliphatic heterocycles. The summed E-state index contributed by atoms with van der Waals surface area (Å²) in [4.78, 5) is 13.3. The highest BCUT2D eigenvalue weighted by atomic mass is 16.5. The van der Waals surface area contributed by atoms with Crippen molar-refractivity contribution in [3.8, 4) is 0 Å². The Labute approximate surface area is 109 Å². The number of aliphatic hydroxyl groups is 1. The molecular weight excluding hydrogens is 232 g/mol. The molecule has 0 aromatic carbocycles. The summed E-state index contributed by atoms with van der Waals surface area (Å²) in [6.45, 7) is 0.870. The zero-order chi connectivity index (χ0) is 13.4. The van der Waals surface area contributed by atoms with Gasteiger partial charge in [-0.3, -0.25) is 4.79 Å². The molecule has 1 aliphatic rings. The first-order valence-corrected chi connectivity index (χ1v) is 6.81. The van der Waals surface area contributed by atoms with Crippen LogP contribution in [-0.4, -0.2) is 61.9 Å². The van der Waals surface area contributed by atoms with Gasteiger partial charge in [-0.15, -0.1) is 0 Å². The molecule has 1 saturated carbocycles. The first kappa shape index (κ1) is 15.4. The smallest absolute Gasteiger partial charge is 0.248 e. The number of hydrogen-bond donors (Lipinski definition) is 2.